The van der Waals surface area contributed by atoms with E-state index >= 15 is 0 Å². The third-order valence-electron chi connectivity index (χ3n) is 2.06. The zero-order valence-corrected chi connectivity index (χ0v) is 14.0. The maximum absolute atomic E-state index is 6.42. The second-order valence-electron chi connectivity index (χ2n) is 3.19. The second kappa shape index (κ2) is 5.57. The number of alkyl halides is 1. The molecule has 0 spiro atoms. The maximum atomic E-state index is 6.42. The van der Waals surface area contributed by atoms with Gasteiger partial charge in [-0.2, -0.15) is 0 Å². The van der Waals surface area contributed by atoms with E-state index in [1.54, 1.807) is 11.3 Å². The van der Waals surface area contributed by atoms with Crippen LogP contribution in [0.15, 0.2) is 34.1 Å². The molecule has 0 nitrogen and oxygen atoms in total. The van der Waals surface area contributed by atoms with E-state index in [1.807, 2.05) is 24.3 Å². The summed E-state index contributed by atoms with van der Waals surface area (Å²) in [6.07, 6.45) is 0. The van der Waals surface area contributed by atoms with Crippen LogP contribution in [0.2, 0.25) is 5.02 Å². The SMILES string of the molecule is Clc1cc(C(Cl)c2cccc(I)c2)sc1Br. The van der Waals surface area contributed by atoms with Crippen LogP contribution in [-0.4, -0.2) is 0 Å². The van der Waals surface area contributed by atoms with Gasteiger partial charge in [0.2, 0.25) is 0 Å². The molecule has 2 aromatic rings. The first-order valence-corrected chi connectivity index (χ1v) is 7.92. The van der Waals surface area contributed by atoms with Crippen molar-refractivity contribution in [3.8, 4) is 0 Å². The molecule has 5 heteroatoms. The summed E-state index contributed by atoms with van der Waals surface area (Å²) in [5, 5.41) is 0.583. The van der Waals surface area contributed by atoms with Gasteiger partial charge in [0.1, 0.15) is 0 Å². The predicted molar refractivity (Wildman–Crippen MR) is 83.9 cm³/mol. The van der Waals surface area contributed by atoms with Crippen molar-refractivity contribution in [3.63, 3.8) is 0 Å². The molecule has 0 radical (unpaired) electrons. The normalized spacial score (nSPS) is 12.8. The number of rotatable bonds is 2. The number of benzene rings is 1. The Balaban J connectivity index is 2.35. The average molecular weight is 448 g/mol. The monoisotopic (exact) mass is 446 g/mol. The van der Waals surface area contributed by atoms with Gasteiger partial charge in [-0.25, -0.2) is 0 Å². The van der Waals surface area contributed by atoms with Crippen molar-refractivity contribution in [2.45, 2.75) is 5.38 Å². The lowest BCUT2D eigenvalue weighted by Crippen LogP contribution is -1.90. The highest BCUT2D eigenvalue weighted by Crippen LogP contribution is 2.40. The second-order valence-corrected chi connectivity index (χ2v) is 7.68. The Labute approximate surface area is 130 Å². The minimum Gasteiger partial charge on any atom is -0.130 e. The van der Waals surface area contributed by atoms with E-state index in [9.17, 15) is 0 Å². The predicted octanol–water partition coefficient (Wildman–Crippen LogP) is 6.10. The van der Waals surface area contributed by atoms with Gasteiger partial charge in [0.15, 0.2) is 0 Å². The Kier molecular flexibility index (Phi) is 4.58. The van der Waals surface area contributed by atoms with Crippen LogP contribution in [0.4, 0.5) is 0 Å². The number of halogens is 4. The Morgan fingerprint density at radius 1 is 1.31 bits per heavy atom. The standard InChI is InChI=1S/C11H6BrCl2IS/c12-11-8(13)5-9(16-11)10(14)6-2-1-3-7(15)4-6/h1-5,10H. The van der Waals surface area contributed by atoms with E-state index in [0.29, 0.717) is 0 Å². The Hall–Kier alpha value is 0.710. The van der Waals surface area contributed by atoms with Crippen molar-refractivity contribution in [2.24, 2.45) is 0 Å². The molecule has 84 valence electrons. The summed E-state index contributed by atoms with van der Waals surface area (Å²) in [6, 6.07) is 10.1. The molecule has 0 amide bonds. The number of hydrogen-bond donors (Lipinski definition) is 0. The molecule has 1 heterocycles. The summed E-state index contributed by atoms with van der Waals surface area (Å²) in [7, 11) is 0. The van der Waals surface area contributed by atoms with Gasteiger partial charge < -0.3 is 0 Å². The largest absolute Gasteiger partial charge is 0.130 e. The Bertz CT molecular complexity index is 493. The lowest BCUT2D eigenvalue weighted by Gasteiger charge is -2.07. The Morgan fingerprint density at radius 2 is 2.06 bits per heavy atom. The molecule has 1 aromatic carbocycles. The van der Waals surface area contributed by atoms with Gasteiger partial charge in [0.05, 0.1) is 14.2 Å². The molecule has 0 aliphatic heterocycles. The zero-order chi connectivity index (χ0) is 11.7. The first kappa shape index (κ1) is 13.1. The van der Waals surface area contributed by atoms with E-state index in [4.69, 9.17) is 23.2 Å². The van der Waals surface area contributed by atoms with Crippen LogP contribution in [0.25, 0.3) is 0 Å². The molecule has 1 unspecified atom stereocenters. The zero-order valence-electron chi connectivity index (χ0n) is 7.88. The quantitative estimate of drug-likeness (QED) is 0.385. The highest BCUT2D eigenvalue weighted by molar-refractivity contribution is 14.1. The highest BCUT2D eigenvalue weighted by Gasteiger charge is 2.15. The van der Waals surface area contributed by atoms with Crippen LogP contribution in [0.5, 0.6) is 0 Å². The third-order valence-corrected chi connectivity index (χ3v) is 5.88. The summed E-state index contributed by atoms with van der Waals surface area (Å²) in [6.45, 7) is 0. The summed E-state index contributed by atoms with van der Waals surface area (Å²) in [4.78, 5) is 1.06. The number of thiophene rings is 1. The van der Waals surface area contributed by atoms with Crippen molar-refractivity contribution < 1.29 is 0 Å². The van der Waals surface area contributed by atoms with E-state index in [2.05, 4.69) is 44.6 Å². The lowest BCUT2D eigenvalue weighted by atomic mass is 10.1. The first-order valence-electron chi connectivity index (χ1n) is 4.42. The van der Waals surface area contributed by atoms with Crippen molar-refractivity contribution in [1.29, 1.82) is 0 Å². The topological polar surface area (TPSA) is 0 Å². The lowest BCUT2D eigenvalue weighted by molar-refractivity contribution is 1.18. The summed E-state index contributed by atoms with van der Waals surface area (Å²) >= 11 is 19.7. The third kappa shape index (κ3) is 2.93. The van der Waals surface area contributed by atoms with E-state index < -0.39 is 0 Å². The van der Waals surface area contributed by atoms with Crippen LogP contribution in [0, 0.1) is 3.57 Å². The van der Waals surface area contributed by atoms with Crippen molar-refractivity contribution in [3.05, 3.63) is 53.2 Å². The van der Waals surface area contributed by atoms with Gasteiger partial charge in [-0.1, -0.05) is 23.7 Å². The van der Waals surface area contributed by atoms with E-state index in [-0.39, 0.29) is 5.38 Å². The van der Waals surface area contributed by atoms with E-state index in [0.717, 1.165) is 19.2 Å². The minimum absolute atomic E-state index is 0.136. The average Bonchev–Trinajstić information content (AvgIpc) is 2.58. The fourth-order valence-corrected chi connectivity index (χ4v) is 3.97. The molecule has 1 aromatic heterocycles. The summed E-state index contributed by atoms with van der Waals surface area (Å²) < 4.78 is 2.11. The molecule has 0 aliphatic rings. The molecular weight excluding hydrogens is 442 g/mol. The smallest absolute Gasteiger partial charge is 0.0929 e. The molecule has 2 rings (SSSR count). The van der Waals surface area contributed by atoms with Crippen LogP contribution in [0.3, 0.4) is 0 Å². The van der Waals surface area contributed by atoms with Crippen molar-refractivity contribution >= 4 is 73.1 Å². The summed E-state index contributed by atoms with van der Waals surface area (Å²) in [5.41, 5.74) is 1.10. The molecule has 0 fully saturated rings. The minimum atomic E-state index is -0.136. The molecule has 1 atom stereocenters. The molecule has 0 saturated heterocycles. The van der Waals surface area contributed by atoms with Gasteiger partial charge in [-0.3, -0.25) is 0 Å². The van der Waals surface area contributed by atoms with Crippen LogP contribution >= 0.6 is 73.1 Å². The van der Waals surface area contributed by atoms with Gasteiger partial charge in [-0.05, 0) is 62.3 Å². The van der Waals surface area contributed by atoms with Crippen LogP contribution in [0.1, 0.15) is 15.8 Å². The molecule has 0 N–H and O–H groups in total. The van der Waals surface area contributed by atoms with Gasteiger partial charge in [-0.15, -0.1) is 22.9 Å². The Morgan fingerprint density at radius 3 is 2.62 bits per heavy atom. The number of hydrogen-bond acceptors (Lipinski definition) is 1. The van der Waals surface area contributed by atoms with Crippen LogP contribution in [-0.2, 0) is 0 Å². The highest BCUT2D eigenvalue weighted by atomic mass is 127. The summed E-state index contributed by atoms with van der Waals surface area (Å²) in [5.74, 6) is 0. The van der Waals surface area contributed by atoms with Crippen molar-refractivity contribution in [1.82, 2.24) is 0 Å². The van der Waals surface area contributed by atoms with Gasteiger partial charge in [0.25, 0.3) is 0 Å². The van der Waals surface area contributed by atoms with Gasteiger partial charge >= 0.3 is 0 Å². The van der Waals surface area contributed by atoms with Crippen molar-refractivity contribution in [2.75, 3.05) is 0 Å². The first-order chi connectivity index (χ1) is 7.58. The molecule has 0 saturated carbocycles. The molecule has 0 bridgehead atoms. The fraction of sp³-hybridized carbons (Fsp3) is 0.0909. The maximum Gasteiger partial charge on any atom is 0.0929 e. The molecule has 16 heavy (non-hydrogen) atoms. The van der Waals surface area contributed by atoms with E-state index in [1.165, 1.54) is 3.57 Å². The van der Waals surface area contributed by atoms with Gasteiger partial charge in [0, 0.05) is 8.45 Å². The molecule has 0 aliphatic carbocycles. The van der Waals surface area contributed by atoms with Crippen LogP contribution < -0.4 is 0 Å². The molecular formula is C11H6BrCl2IS. The fourth-order valence-electron chi connectivity index (χ4n) is 1.32.